The van der Waals surface area contributed by atoms with Crippen LogP contribution in [0.4, 0.5) is 14.5 Å². The minimum atomic E-state index is -2.99. The number of alkyl halides is 2. The summed E-state index contributed by atoms with van der Waals surface area (Å²) in [4.78, 5) is 16.8. The number of nitriles is 1. The second-order valence-electron chi connectivity index (χ2n) is 5.65. The van der Waals surface area contributed by atoms with Crippen LogP contribution in [0.5, 0.6) is 5.75 Å². The number of halogens is 3. The molecule has 0 aliphatic rings. The Labute approximate surface area is 164 Å². The summed E-state index contributed by atoms with van der Waals surface area (Å²) in [6.07, 6.45) is 0. The summed E-state index contributed by atoms with van der Waals surface area (Å²) in [6, 6.07) is 7.90. The fraction of sp³-hybridized carbons (Fsp3) is 0.278. The number of benzene rings is 1. The molecule has 0 aliphatic heterocycles. The maximum absolute atomic E-state index is 12.4. The molecule has 0 saturated heterocycles. The Hall–Kier alpha value is -2.37. The van der Waals surface area contributed by atoms with E-state index in [1.54, 1.807) is 13.0 Å². The van der Waals surface area contributed by atoms with Crippen molar-refractivity contribution in [1.82, 2.24) is 4.98 Å². The first kappa shape index (κ1) is 20.9. The van der Waals surface area contributed by atoms with Gasteiger partial charge < -0.3 is 10.1 Å². The van der Waals surface area contributed by atoms with E-state index in [0.717, 1.165) is 23.0 Å². The Balaban J connectivity index is 2.11. The highest BCUT2D eigenvalue weighted by Crippen LogP contribution is 2.31. The fourth-order valence-corrected chi connectivity index (χ4v) is 3.51. The van der Waals surface area contributed by atoms with E-state index in [-0.39, 0.29) is 16.7 Å². The highest BCUT2D eigenvalue weighted by Gasteiger charge is 2.19. The molecule has 2 rings (SSSR count). The van der Waals surface area contributed by atoms with E-state index in [1.165, 1.54) is 18.2 Å². The van der Waals surface area contributed by atoms with Crippen molar-refractivity contribution in [2.45, 2.75) is 37.7 Å². The Morgan fingerprint density at radius 3 is 2.67 bits per heavy atom. The molecule has 1 atom stereocenters. The summed E-state index contributed by atoms with van der Waals surface area (Å²) in [7, 11) is 0. The number of anilines is 1. The molecule has 0 saturated carbocycles. The van der Waals surface area contributed by atoms with Crippen LogP contribution in [0.15, 0.2) is 29.3 Å². The molecular weight excluding hydrogens is 396 g/mol. The number of pyridine rings is 1. The average Bonchev–Trinajstić information content (AvgIpc) is 2.56. The molecule has 1 aromatic heterocycles. The summed E-state index contributed by atoms with van der Waals surface area (Å²) in [6.45, 7) is 2.32. The topological polar surface area (TPSA) is 75.0 Å². The first-order valence-corrected chi connectivity index (χ1v) is 9.07. The Bertz CT molecular complexity index is 903. The maximum atomic E-state index is 12.4. The zero-order valence-corrected chi connectivity index (χ0v) is 16.3. The second kappa shape index (κ2) is 9.02. The Morgan fingerprint density at radius 2 is 2.07 bits per heavy atom. The number of carbonyl (C=O) groups excluding carboxylic acids is 1. The second-order valence-corrected chi connectivity index (χ2v) is 7.38. The summed E-state index contributed by atoms with van der Waals surface area (Å²) in [5.41, 5.74) is 2.32. The van der Waals surface area contributed by atoms with Crippen LogP contribution in [-0.4, -0.2) is 22.8 Å². The molecule has 9 heteroatoms. The largest absolute Gasteiger partial charge is 0.433 e. The van der Waals surface area contributed by atoms with Gasteiger partial charge in [0.1, 0.15) is 16.8 Å². The van der Waals surface area contributed by atoms with Crippen LogP contribution < -0.4 is 10.1 Å². The van der Waals surface area contributed by atoms with Crippen molar-refractivity contribution in [3.05, 3.63) is 46.1 Å². The zero-order valence-electron chi connectivity index (χ0n) is 14.7. The standard InChI is InChI=1S/C18H16ClF2N3O2S/c1-9-6-10(2)23-17(13(9)8-22)27-11(3)16(25)24-12-4-5-15(14(19)7-12)26-18(20)21/h4-7,11,18H,1-3H3,(H,24,25). The predicted molar refractivity (Wildman–Crippen MR) is 100 cm³/mol. The van der Waals surface area contributed by atoms with E-state index < -0.39 is 11.9 Å². The SMILES string of the molecule is Cc1cc(C)c(C#N)c(SC(C)C(=O)Nc2ccc(OC(F)F)c(Cl)c2)n1. The van der Waals surface area contributed by atoms with Crippen molar-refractivity contribution in [2.24, 2.45) is 0 Å². The lowest BCUT2D eigenvalue weighted by Gasteiger charge is -2.14. The molecular formula is C18H16ClF2N3O2S. The molecule has 1 amide bonds. The number of carbonyl (C=O) groups is 1. The number of hydrogen-bond donors (Lipinski definition) is 1. The molecule has 0 spiro atoms. The van der Waals surface area contributed by atoms with Gasteiger partial charge in [-0.25, -0.2) is 4.98 Å². The van der Waals surface area contributed by atoms with Crippen molar-refractivity contribution in [2.75, 3.05) is 5.32 Å². The minimum Gasteiger partial charge on any atom is -0.433 e. The van der Waals surface area contributed by atoms with Gasteiger partial charge in [0, 0.05) is 11.4 Å². The van der Waals surface area contributed by atoms with E-state index in [0.29, 0.717) is 16.3 Å². The number of aromatic nitrogens is 1. The number of hydrogen-bond acceptors (Lipinski definition) is 5. The van der Waals surface area contributed by atoms with Crippen molar-refractivity contribution in [3.63, 3.8) is 0 Å². The maximum Gasteiger partial charge on any atom is 0.387 e. The molecule has 142 valence electrons. The molecule has 0 aliphatic carbocycles. The van der Waals surface area contributed by atoms with E-state index in [1.807, 2.05) is 13.8 Å². The molecule has 1 aromatic carbocycles. The van der Waals surface area contributed by atoms with Gasteiger partial charge in [0.05, 0.1) is 15.8 Å². The first-order valence-electron chi connectivity index (χ1n) is 7.81. The summed E-state index contributed by atoms with van der Waals surface area (Å²) in [5.74, 6) is -0.520. The monoisotopic (exact) mass is 411 g/mol. The molecule has 27 heavy (non-hydrogen) atoms. The van der Waals surface area contributed by atoms with Gasteiger partial charge in [0.25, 0.3) is 0 Å². The van der Waals surface area contributed by atoms with Gasteiger partial charge in [0.2, 0.25) is 5.91 Å². The van der Waals surface area contributed by atoms with Crippen LogP contribution in [0.2, 0.25) is 5.02 Å². The molecule has 5 nitrogen and oxygen atoms in total. The Kier molecular flexibility index (Phi) is 6.99. The Morgan fingerprint density at radius 1 is 1.37 bits per heavy atom. The van der Waals surface area contributed by atoms with Crippen LogP contribution in [0.25, 0.3) is 0 Å². The molecule has 2 aromatic rings. The number of aryl methyl sites for hydroxylation is 2. The van der Waals surface area contributed by atoms with Gasteiger partial charge in [-0.3, -0.25) is 4.79 Å². The van der Waals surface area contributed by atoms with Crippen LogP contribution in [-0.2, 0) is 4.79 Å². The molecule has 0 radical (unpaired) electrons. The number of thioether (sulfide) groups is 1. The van der Waals surface area contributed by atoms with Crippen LogP contribution in [0, 0.1) is 25.2 Å². The normalized spacial score (nSPS) is 11.8. The van der Waals surface area contributed by atoms with Gasteiger partial charge in [-0.2, -0.15) is 14.0 Å². The van der Waals surface area contributed by atoms with Crippen LogP contribution >= 0.6 is 23.4 Å². The molecule has 0 fully saturated rings. The molecule has 1 heterocycles. The summed E-state index contributed by atoms with van der Waals surface area (Å²) < 4.78 is 28.8. The van der Waals surface area contributed by atoms with Gasteiger partial charge in [-0.15, -0.1) is 0 Å². The lowest BCUT2D eigenvalue weighted by atomic mass is 10.1. The van der Waals surface area contributed by atoms with Gasteiger partial charge in [0.15, 0.2) is 0 Å². The summed E-state index contributed by atoms with van der Waals surface area (Å²) in [5, 5.41) is 11.8. The summed E-state index contributed by atoms with van der Waals surface area (Å²) >= 11 is 7.04. The quantitative estimate of drug-likeness (QED) is 0.681. The van der Waals surface area contributed by atoms with Gasteiger partial charge in [-0.05, 0) is 50.6 Å². The number of amides is 1. The average molecular weight is 412 g/mol. The third kappa shape index (κ3) is 5.55. The highest BCUT2D eigenvalue weighted by atomic mass is 35.5. The van der Waals surface area contributed by atoms with E-state index >= 15 is 0 Å². The van der Waals surface area contributed by atoms with E-state index in [2.05, 4.69) is 21.1 Å². The van der Waals surface area contributed by atoms with Crippen molar-refractivity contribution in [1.29, 1.82) is 5.26 Å². The first-order chi connectivity index (χ1) is 12.7. The number of rotatable bonds is 6. The number of nitrogens with one attached hydrogen (secondary N) is 1. The van der Waals surface area contributed by atoms with Crippen molar-refractivity contribution < 1.29 is 18.3 Å². The lowest BCUT2D eigenvalue weighted by molar-refractivity contribution is -0.115. The molecule has 1 unspecified atom stereocenters. The molecule has 1 N–H and O–H groups in total. The van der Waals surface area contributed by atoms with Crippen molar-refractivity contribution in [3.8, 4) is 11.8 Å². The number of ether oxygens (including phenoxy) is 1. The molecule has 0 bridgehead atoms. The predicted octanol–water partition coefficient (Wildman–Crippen LogP) is 4.94. The van der Waals surface area contributed by atoms with Gasteiger partial charge in [-0.1, -0.05) is 23.4 Å². The minimum absolute atomic E-state index is 0.0452. The van der Waals surface area contributed by atoms with Crippen LogP contribution in [0.3, 0.4) is 0 Å². The van der Waals surface area contributed by atoms with E-state index in [9.17, 15) is 18.8 Å². The van der Waals surface area contributed by atoms with Crippen LogP contribution in [0.1, 0.15) is 23.7 Å². The third-order valence-corrected chi connectivity index (χ3v) is 4.88. The number of nitrogens with zero attached hydrogens (tertiary/aromatic N) is 2. The third-order valence-electron chi connectivity index (χ3n) is 3.50. The van der Waals surface area contributed by atoms with Gasteiger partial charge >= 0.3 is 6.61 Å². The highest BCUT2D eigenvalue weighted by molar-refractivity contribution is 8.00. The van der Waals surface area contributed by atoms with Crippen molar-refractivity contribution >= 4 is 35.0 Å². The fourth-order valence-electron chi connectivity index (χ4n) is 2.26. The smallest absolute Gasteiger partial charge is 0.387 e. The lowest BCUT2D eigenvalue weighted by Crippen LogP contribution is -2.22. The van der Waals surface area contributed by atoms with E-state index in [4.69, 9.17) is 11.6 Å². The zero-order chi connectivity index (χ0) is 20.1.